The van der Waals surface area contributed by atoms with Crippen molar-refractivity contribution in [3.05, 3.63) is 36.0 Å². The number of nitrogens with one attached hydrogen (secondary N) is 2. The zero-order valence-electron chi connectivity index (χ0n) is 15.7. The largest absolute Gasteiger partial charge is 0.472 e. The molecule has 2 N–H and O–H groups in total. The summed E-state index contributed by atoms with van der Waals surface area (Å²) in [4.78, 5) is 25.0. The Morgan fingerprint density at radius 3 is 3.07 bits per heavy atom. The lowest BCUT2D eigenvalue weighted by atomic mass is 10.3. The van der Waals surface area contributed by atoms with Gasteiger partial charge in [-0.05, 0) is 6.92 Å². The van der Waals surface area contributed by atoms with E-state index < -0.39 is 11.7 Å². The van der Waals surface area contributed by atoms with E-state index in [0.29, 0.717) is 35.0 Å². The third-order valence-corrected chi connectivity index (χ3v) is 4.90. The van der Waals surface area contributed by atoms with E-state index in [1.54, 1.807) is 17.1 Å². The number of aromatic nitrogens is 5. The minimum Gasteiger partial charge on any atom is -0.472 e. The molecule has 4 heterocycles. The molecule has 29 heavy (non-hydrogen) atoms. The number of halogens is 2. The van der Waals surface area contributed by atoms with Crippen LogP contribution in [0, 0.1) is 0 Å². The van der Waals surface area contributed by atoms with Crippen LogP contribution in [0.15, 0.2) is 31.0 Å². The Bertz CT molecular complexity index is 1080. The summed E-state index contributed by atoms with van der Waals surface area (Å²) < 4.78 is 20.9. The second-order valence-corrected chi connectivity index (χ2v) is 7.01. The number of anilines is 2. The number of amides is 1. The lowest BCUT2D eigenvalue weighted by Gasteiger charge is -2.16. The number of aryl methyl sites for hydroxylation is 1. The summed E-state index contributed by atoms with van der Waals surface area (Å²) >= 11 is 6.27. The van der Waals surface area contributed by atoms with Crippen LogP contribution in [0.4, 0.5) is 16.0 Å². The van der Waals surface area contributed by atoms with Crippen molar-refractivity contribution in [1.29, 1.82) is 0 Å². The van der Waals surface area contributed by atoms with Gasteiger partial charge in [0.2, 0.25) is 11.8 Å². The number of likely N-dealkylation sites (tertiary alicyclic amines) is 1. The first-order chi connectivity index (χ1) is 13.9. The molecule has 1 unspecified atom stereocenters. The predicted octanol–water partition coefficient (Wildman–Crippen LogP) is 3.03. The third-order valence-electron chi connectivity index (χ3n) is 4.61. The van der Waals surface area contributed by atoms with Crippen LogP contribution in [0.3, 0.4) is 0 Å². The highest BCUT2D eigenvalue weighted by Crippen LogP contribution is 2.33. The molecular formula is C18H19ClFN7O2. The van der Waals surface area contributed by atoms with Crippen molar-refractivity contribution >= 4 is 40.2 Å². The Kier molecular flexibility index (Phi) is 5.10. The fraction of sp³-hybridized carbons (Fsp3) is 0.333. The number of carbonyl (C=O) groups excluding carboxylic acids is 1. The monoisotopic (exact) mass is 419 g/mol. The van der Waals surface area contributed by atoms with Gasteiger partial charge < -0.3 is 19.9 Å². The molecule has 1 amide bonds. The van der Waals surface area contributed by atoms with Crippen LogP contribution in [0.1, 0.15) is 13.3 Å². The minimum absolute atomic E-state index is 0.237. The fourth-order valence-electron chi connectivity index (χ4n) is 3.17. The maximum absolute atomic E-state index is 13.1. The molecule has 0 saturated carbocycles. The second kappa shape index (κ2) is 7.70. The Balaban J connectivity index is 1.58. The van der Waals surface area contributed by atoms with Crippen molar-refractivity contribution in [2.45, 2.75) is 26.0 Å². The first kappa shape index (κ1) is 19.2. The topological polar surface area (TPSA) is 101 Å². The Morgan fingerprint density at radius 1 is 1.52 bits per heavy atom. The second-order valence-electron chi connectivity index (χ2n) is 6.61. The Labute approximate surface area is 170 Å². The molecule has 1 saturated heterocycles. The lowest BCUT2D eigenvalue weighted by molar-refractivity contribution is -0.127. The van der Waals surface area contributed by atoms with Crippen LogP contribution in [0.2, 0.25) is 5.02 Å². The van der Waals surface area contributed by atoms with Crippen LogP contribution in [0.25, 0.3) is 11.0 Å². The average molecular weight is 420 g/mol. The van der Waals surface area contributed by atoms with E-state index >= 15 is 0 Å². The summed E-state index contributed by atoms with van der Waals surface area (Å²) in [5, 5.41) is 8.26. The smallest absolute Gasteiger partial charge is 0.282 e. The number of carbonyl (C=O) groups is 1. The zero-order chi connectivity index (χ0) is 20.5. The van der Waals surface area contributed by atoms with E-state index in [4.69, 9.17) is 16.3 Å². The number of rotatable bonds is 6. The van der Waals surface area contributed by atoms with Gasteiger partial charge in [0.05, 0.1) is 28.8 Å². The summed E-state index contributed by atoms with van der Waals surface area (Å²) in [5.74, 6) is -1.11. The normalized spacial score (nSPS) is 16.4. The van der Waals surface area contributed by atoms with E-state index in [0.717, 1.165) is 12.2 Å². The summed E-state index contributed by atoms with van der Waals surface area (Å²) in [6.45, 7) is 6.40. The van der Waals surface area contributed by atoms with E-state index in [9.17, 15) is 9.18 Å². The van der Waals surface area contributed by atoms with Gasteiger partial charge in [-0.3, -0.25) is 9.48 Å². The molecule has 0 aliphatic carbocycles. The van der Waals surface area contributed by atoms with E-state index in [1.807, 2.05) is 13.1 Å². The molecular weight excluding hydrogens is 401 g/mol. The predicted molar refractivity (Wildman–Crippen MR) is 106 cm³/mol. The summed E-state index contributed by atoms with van der Waals surface area (Å²) in [7, 11) is 0. The van der Waals surface area contributed by atoms with Gasteiger partial charge in [-0.2, -0.15) is 15.1 Å². The van der Waals surface area contributed by atoms with E-state index in [1.165, 1.54) is 4.90 Å². The van der Waals surface area contributed by atoms with Gasteiger partial charge in [0.1, 0.15) is 11.8 Å². The number of H-pyrrole nitrogens is 1. The van der Waals surface area contributed by atoms with E-state index in [2.05, 4.69) is 31.9 Å². The summed E-state index contributed by atoms with van der Waals surface area (Å²) in [6, 6.07) is 0. The molecule has 1 aliphatic rings. The number of nitrogens with zero attached hydrogens (tertiary/aromatic N) is 5. The van der Waals surface area contributed by atoms with Gasteiger partial charge in [0, 0.05) is 31.9 Å². The highest BCUT2D eigenvalue weighted by Gasteiger charge is 2.30. The first-order valence-corrected chi connectivity index (χ1v) is 9.46. The molecule has 0 aromatic carbocycles. The molecule has 3 aromatic heterocycles. The summed E-state index contributed by atoms with van der Waals surface area (Å²) in [6.07, 6.45) is 5.30. The van der Waals surface area contributed by atoms with E-state index in [-0.39, 0.29) is 18.5 Å². The molecule has 3 aromatic rings. The maximum atomic E-state index is 13.1. The molecule has 11 heteroatoms. The number of hydrogen-bond acceptors (Lipinski definition) is 6. The van der Waals surface area contributed by atoms with Crippen molar-refractivity contribution in [1.82, 2.24) is 29.6 Å². The third kappa shape index (κ3) is 3.88. The van der Waals surface area contributed by atoms with Crippen LogP contribution >= 0.6 is 11.6 Å². The van der Waals surface area contributed by atoms with Crippen molar-refractivity contribution in [2.24, 2.45) is 0 Å². The molecule has 4 rings (SSSR count). The zero-order valence-corrected chi connectivity index (χ0v) is 16.4. The first-order valence-electron chi connectivity index (χ1n) is 9.09. The van der Waals surface area contributed by atoms with Gasteiger partial charge in [0.25, 0.3) is 5.91 Å². The quantitative estimate of drug-likeness (QED) is 0.595. The van der Waals surface area contributed by atoms with Gasteiger partial charge in [-0.25, -0.2) is 4.39 Å². The molecule has 0 radical (unpaired) electrons. The molecule has 0 bridgehead atoms. The van der Waals surface area contributed by atoms with Gasteiger partial charge in [-0.15, -0.1) is 0 Å². The van der Waals surface area contributed by atoms with Crippen molar-refractivity contribution < 1.29 is 13.9 Å². The fourth-order valence-corrected chi connectivity index (χ4v) is 3.40. The molecule has 9 nitrogen and oxygen atoms in total. The van der Waals surface area contributed by atoms with Crippen LogP contribution in [0.5, 0.6) is 5.88 Å². The van der Waals surface area contributed by atoms with Crippen LogP contribution in [-0.4, -0.2) is 54.7 Å². The van der Waals surface area contributed by atoms with Crippen molar-refractivity contribution in [3.63, 3.8) is 0 Å². The van der Waals surface area contributed by atoms with Crippen molar-refractivity contribution in [3.8, 4) is 5.88 Å². The highest BCUT2D eigenvalue weighted by atomic mass is 35.5. The lowest BCUT2D eigenvalue weighted by Crippen LogP contribution is -2.31. The molecule has 1 fully saturated rings. The number of ether oxygens (including phenoxy) is 1. The average Bonchev–Trinajstić information content (AvgIpc) is 3.42. The van der Waals surface area contributed by atoms with Gasteiger partial charge >= 0.3 is 0 Å². The highest BCUT2D eigenvalue weighted by molar-refractivity contribution is 6.35. The van der Waals surface area contributed by atoms with Crippen LogP contribution in [-0.2, 0) is 11.3 Å². The molecule has 1 atom stereocenters. The maximum Gasteiger partial charge on any atom is 0.282 e. The standard InChI is InChI=1S/C18H19ClFN7O2/c1-3-27-8-11(6-22-27)23-18-24-15-14(13(19)7-21-15)16(25-18)29-12-4-5-26(9-12)17(28)10(2)20/h6-8,12H,2-5,9H2,1H3,(H2,21,23,24,25). The molecule has 1 aliphatic heterocycles. The molecule has 0 spiro atoms. The number of fused-ring (bicyclic) bond motifs is 1. The van der Waals surface area contributed by atoms with Crippen molar-refractivity contribution in [2.75, 3.05) is 18.4 Å². The van der Waals surface area contributed by atoms with Gasteiger partial charge in [-0.1, -0.05) is 18.2 Å². The van der Waals surface area contributed by atoms with Crippen LogP contribution < -0.4 is 10.1 Å². The Hall–Kier alpha value is -3.14. The SMILES string of the molecule is C=C(F)C(=O)N1CCC(Oc2nc(Nc3cnn(CC)c3)nc3[nH]cc(Cl)c23)C1. The van der Waals surface area contributed by atoms with Gasteiger partial charge in [0.15, 0.2) is 5.83 Å². The molecule has 152 valence electrons. The Morgan fingerprint density at radius 2 is 2.34 bits per heavy atom. The minimum atomic E-state index is -0.983. The number of hydrogen-bond donors (Lipinski definition) is 2. The number of aromatic amines is 1. The summed E-state index contributed by atoms with van der Waals surface area (Å²) in [5.41, 5.74) is 1.24.